The minimum Gasteiger partial charge on any atom is -0.268 e. The van der Waals surface area contributed by atoms with E-state index >= 15 is 0 Å². The summed E-state index contributed by atoms with van der Waals surface area (Å²) in [7, 11) is 0. The average Bonchev–Trinajstić information content (AvgIpc) is 3.22. The number of hydrogen-bond donors (Lipinski definition) is 0. The van der Waals surface area contributed by atoms with Crippen LogP contribution in [0.1, 0.15) is 57.1 Å². The molecule has 0 saturated heterocycles. The molecule has 2 aliphatic carbocycles. The summed E-state index contributed by atoms with van der Waals surface area (Å²) in [4.78, 5) is 19.4. The number of nitrogens with zero attached hydrogens (tertiary/aromatic N) is 2. The van der Waals surface area contributed by atoms with Crippen molar-refractivity contribution in [2.75, 3.05) is 5.75 Å². The highest BCUT2D eigenvalue weighted by Gasteiger charge is 2.44. The van der Waals surface area contributed by atoms with Crippen molar-refractivity contribution in [2.24, 2.45) is 5.92 Å². The molecule has 1 aromatic heterocycles. The highest BCUT2D eigenvalue weighted by atomic mass is 32.2. The summed E-state index contributed by atoms with van der Waals surface area (Å²) in [6, 6.07) is 18.6. The first-order valence-corrected chi connectivity index (χ1v) is 12.5. The lowest BCUT2D eigenvalue weighted by molar-refractivity contribution is 0.422. The molecule has 3 aromatic rings. The Labute approximate surface area is 188 Å². The SMILES string of the molecule is CC(C)CCSc1nc2c(c(=O)n1-c1ccccc1)C1(CCCC1)Cc1ccccc1-2. The van der Waals surface area contributed by atoms with Crippen LogP contribution in [0.4, 0.5) is 0 Å². The van der Waals surface area contributed by atoms with Crippen molar-refractivity contribution in [2.45, 2.75) is 62.9 Å². The topological polar surface area (TPSA) is 34.9 Å². The summed E-state index contributed by atoms with van der Waals surface area (Å²) in [6.07, 6.45) is 6.61. The standard InChI is InChI=1S/C27H30N2OS/c1-19(2)14-17-31-26-28-24-22-13-7-6-10-20(22)18-27(15-8-9-16-27)23(24)25(30)29(26)21-11-4-3-5-12-21/h3-7,10-13,19H,8-9,14-18H2,1-2H3. The van der Waals surface area contributed by atoms with Crippen molar-refractivity contribution in [1.29, 1.82) is 0 Å². The van der Waals surface area contributed by atoms with Crippen LogP contribution in [-0.4, -0.2) is 15.3 Å². The second-order valence-corrected chi connectivity index (χ2v) is 10.5. The molecule has 0 amide bonds. The lowest BCUT2D eigenvalue weighted by Crippen LogP contribution is -2.40. The molecular formula is C27H30N2OS. The predicted octanol–water partition coefficient (Wildman–Crippen LogP) is 6.41. The summed E-state index contributed by atoms with van der Waals surface area (Å²) >= 11 is 1.71. The van der Waals surface area contributed by atoms with Crippen LogP contribution in [0.2, 0.25) is 0 Å². The van der Waals surface area contributed by atoms with E-state index in [1.54, 1.807) is 11.8 Å². The predicted molar refractivity (Wildman–Crippen MR) is 129 cm³/mol. The monoisotopic (exact) mass is 430 g/mol. The largest absolute Gasteiger partial charge is 0.268 e. The summed E-state index contributed by atoms with van der Waals surface area (Å²) in [5, 5.41) is 0.820. The van der Waals surface area contributed by atoms with E-state index in [-0.39, 0.29) is 11.0 Å². The molecule has 0 radical (unpaired) electrons. The van der Waals surface area contributed by atoms with E-state index in [9.17, 15) is 4.79 Å². The van der Waals surface area contributed by atoms with E-state index in [0.717, 1.165) is 59.1 Å². The van der Waals surface area contributed by atoms with Gasteiger partial charge in [-0.25, -0.2) is 4.98 Å². The molecular weight excluding hydrogens is 400 g/mol. The van der Waals surface area contributed by atoms with Crippen LogP contribution in [-0.2, 0) is 11.8 Å². The molecule has 1 saturated carbocycles. The Morgan fingerprint density at radius 2 is 1.74 bits per heavy atom. The van der Waals surface area contributed by atoms with Crippen LogP contribution in [0, 0.1) is 5.92 Å². The third-order valence-corrected chi connectivity index (χ3v) is 7.86. The van der Waals surface area contributed by atoms with Gasteiger partial charge in [0.05, 0.1) is 16.9 Å². The van der Waals surface area contributed by atoms with Crippen molar-refractivity contribution < 1.29 is 0 Å². The molecule has 2 aliphatic rings. The molecule has 0 aliphatic heterocycles. The first kappa shape index (κ1) is 20.6. The molecule has 1 fully saturated rings. The Hall–Kier alpha value is -2.33. The fraction of sp³-hybridized carbons (Fsp3) is 0.407. The number of rotatable bonds is 5. The minimum atomic E-state index is -0.0641. The molecule has 31 heavy (non-hydrogen) atoms. The lowest BCUT2D eigenvalue weighted by atomic mass is 9.68. The maximum atomic E-state index is 14.2. The number of hydrogen-bond acceptors (Lipinski definition) is 3. The first-order valence-electron chi connectivity index (χ1n) is 11.5. The Bertz CT molecular complexity index is 1140. The Kier molecular flexibility index (Phi) is 5.51. The van der Waals surface area contributed by atoms with Gasteiger partial charge in [0.25, 0.3) is 5.56 Å². The minimum absolute atomic E-state index is 0.0641. The van der Waals surface area contributed by atoms with Gasteiger partial charge >= 0.3 is 0 Å². The maximum absolute atomic E-state index is 14.2. The normalized spacial score (nSPS) is 16.5. The third kappa shape index (κ3) is 3.65. The van der Waals surface area contributed by atoms with E-state index < -0.39 is 0 Å². The molecule has 3 nitrogen and oxygen atoms in total. The fourth-order valence-electron chi connectivity index (χ4n) is 5.30. The highest BCUT2D eigenvalue weighted by Crippen LogP contribution is 2.50. The number of fused-ring (bicyclic) bond motifs is 4. The third-order valence-electron chi connectivity index (χ3n) is 6.89. The van der Waals surface area contributed by atoms with Gasteiger partial charge in [0.2, 0.25) is 0 Å². The molecule has 0 unspecified atom stereocenters. The van der Waals surface area contributed by atoms with Crippen LogP contribution in [0.5, 0.6) is 0 Å². The van der Waals surface area contributed by atoms with Crippen LogP contribution in [0.3, 0.4) is 0 Å². The molecule has 4 heteroatoms. The van der Waals surface area contributed by atoms with Crippen molar-refractivity contribution in [1.82, 2.24) is 9.55 Å². The molecule has 0 bridgehead atoms. The van der Waals surface area contributed by atoms with Crippen LogP contribution in [0.25, 0.3) is 16.9 Å². The summed E-state index contributed by atoms with van der Waals surface area (Å²) in [5.41, 5.74) is 5.39. The first-order chi connectivity index (χ1) is 15.1. The molecule has 0 N–H and O–H groups in total. The smallest absolute Gasteiger partial charge is 0.263 e. The zero-order valence-electron chi connectivity index (χ0n) is 18.4. The van der Waals surface area contributed by atoms with Crippen molar-refractivity contribution >= 4 is 11.8 Å². The van der Waals surface area contributed by atoms with Gasteiger partial charge in [-0.15, -0.1) is 0 Å². The number of aromatic nitrogens is 2. The van der Waals surface area contributed by atoms with Gasteiger partial charge in [-0.05, 0) is 49.3 Å². The second kappa shape index (κ2) is 8.31. The molecule has 1 heterocycles. The van der Waals surface area contributed by atoms with E-state index in [1.165, 1.54) is 18.4 Å². The maximum Gasteiger partial charge on any atom is 0.263 e. The second-order valence-electron chi connectivity index (χ2n) is 9.45. The molecule has 160 valence electrons. The Morgan fingerprint density at radius 1 is 1.03 bits per heavy atom. The average molecular weight is 431 g/mol. The van der Waals surface area contributed by atoms with Crippen molar-refractivity contribution in [3.05, 3.63) is 76.1 Å². The van der Waals surface area contributed by atoms with E-state index in [1.807, 2.05) is 34.9 Å². The fourth-order valence-corrected chi connectivity index (χ4v) is 6.54. The highest BCUT2D eigenvalue weighted by molar-refractivity contribution is 7.99. The molecule has 0 atom stereocenters. The van der Waals surface area contributed by atoms with Crippen LogP contribution >= 0.6 is 11.8 Å². The van der Waals surface area contributed by atoms with Crippen molar-refractivity contribution in [3.63, 3.8) is 0 Å². The van der Waals surface area contributed by atoms with E-state index in [0.29, 0.717) is 5.92 Å². The van der Waals surface area contributed by atoms with Crippen LogP contribution in [0.15, 0.2) is 64.5 Å². The van der Waals surface area contributed by atoms with Gasteiger partial charge in [0.1, 0.15) is 0 Å². The van der Waals surface area contributed by atoms with Gasteiger partial charge in [0.15, 0.2) is 5.16 Å². The zero-order chi connectivity index (χ0) is 21.4. The Balaban J connectivity index is 1.76. The molecule has 1 spiro atoms. The number of thioether (sulfide) groups is 1. The van der Waals surface area contributed by atoms with Gasteiger partial charge < -0.3 is 0 Å². The number of para-hydroxylation sites is 1. The zero-order valence-corrected chi connectivity index (χ0v) is 19.3. The lowest BCUT2D eigenvalue weighted by Gasteiger charge is -2.36. The summed E-state index contributed by atoms with van der Waals surface area (Å²) in [6.45, 7) is 4.48. The summed E-state index contributed by atoms with van der Waals surface area (Å²) < 4.78 is 1.89. The van der Waals surface area contributed by atoms with Gasteiger partial charge in [0, 0.05) is 16.7 Å². The Morgan fingerprint density at radius 3 is 2.48 bits per heavy atom. The number of benzene rings is 2. The molecule has 2 aromatic carbocycles. The van der Waals surface area contributed by atoms with Gasteiger partial charge in [-0.2, -0.15) is 0 Å². The molecule has 5 rings (SSSR count). The quantitative estimate of drug-likeness (QED) is 0.347. The van der Waals surface area contributed by atoms with Crippen molar-refractivity contribution in [3.8, 4) is 16.9 Å². The van der Waals surface area contributed by atoms with Crippen LogP contribution < -0.4 is 5.56 Å². The summed E-state index contributed by atoms with van der Waals surface area (Å²) in [5.74, 6) is 1.59. The van der Waals surface area contributed by atoms with Gasteiger partial charge in [-0.1, -0.05) is 80.9 Å². The van der Waals surface area contributed by atoms with E-state index in [4.69, 9.17) is 4.98 Å². The van der Waals surface area contributed by atoms with E-state index in [2.05, 4.69) is 38.1 Å². The van der Waals surface area contributed by atoms with Gasteiger partial charge in [-0.3, -0.25) is 9.36 Å².